The second kappa shape index (κ2) is 9.10. The summed E-state index contributed by atoms with van der Waals surface area (Å²) in [5, 5.41) is 13.2. The van der Waals surface area contributed by atoms with Gasteiger partial charge in [0.1, 0.15) is 5.78 Å². The van der Waals surface area contributed by atoms with Gasteiger partial charge in [0.15, 0.2) is 0 Å². The van der Waals surface area contributed by atoms with Gasteiger partial charge in [0, 0.05) is 38.2 Å². The number of aliphatic carboxylic acids is 1. The number of amides is 1. The molecule has 1 amide bonds. The van der Waals surface area contributed by atoms with Crippen molar-refractivity contribution in [2.75, 3.05) is 6.54 Å². The average molecular weight is 445 g/mol. The first kappa shape index (κ1) is 23.8. The molecule has 4 rings (SSSR count). The zero-order valence-electron chi connectivity index (χ0n) is 20.3. The Kier molecular flexibility index (Phi) is 6.76. The molecule has 4 saturated carbocycles. The number of Topliss-reactive ketones (excluding diaryl/α,β-unsaturated/α-hetero) is 1. The minimum absolute atomic E-state index is 0.0420. The summed E-state index contributed by atoms with van der Waals surface area (Å²) in [6.07, 6.45) is 11.7. The van der Waals surface area contributed by atoms with Crippen LogP contribution in [-0.4, -0.2) is 24.2 Å². The highest BCUT2D eigenvalue weighted by Crippen LogP contribution is 2.68. The highest BCUT2D eigenvalue weighted by molar-refractivity contribution is 5.79. The van der Waals surface area contributed by atoms with Gasteiger partial charge in [0.25, 0.3) is 0 Å². The van der Waals surface area contributed by atoms with Gasteiger partial charge in [-0.2, -0.15) is 0 Å². The van der Waals surface area contributed by atoms with Crippen molar-refractivity contribution in [2.24, 2.45) is 46.3 Å². The summed E-state index contributed by atoms with van der Waals surface area (Å²) in [5.41, 5.74) is 0.741. The van der Waals surface area contributed by atoms with Crippen LogP contribution in [0.3, 0.4) is 0 Å². The van der Waals surface area contributed by atoms with Gasteiger partial charge in [-0.25, -0.2) is 0 Å². The second-order valence-electron chi connectivity index (χ2n) is 12.1. The van der Waals surface area contributed by atoms with Crippen molar-refractivity contribution in [1.29, 1.82) is 0 Å². The van der Waals surface area contributed by atoms with Gasteiger partial charge in [0.2, 0.25) is 5.91 Å². The lowest BCUT2D eigenvalue weighted by atomic mass is 9.44. The Bertz CT molecular complexity index is 750. The normalized spacial score (nSPS) is 41.8. The Morgan fingerprint density at radius 1 is 1.03 bits per heavy atom. The van der Waals surface area contributed by atoms with E-state index in [1.807, 2.05) is 0 Å². The lowest BCUT2D eigenvalue weighted by Gasteiger charge is -2.60. The summed E-state index contributed by atoms with van der Waals surface area (Å²) in [6.45, 7) is 7.54. The molecule has 4 aliphatic rings. The van der Waals surface area contributed by atoms with Crippen molar-refractivity contribution in [2.45, 2.75) is 97.8 Å². The Balaban J connectivity index is 1.37. The first-order chi connectivity index (χ1) is 15.1. The van der Waals surface area contributed by atoms with E-state index in [4.69, 9.17) is 0 Å². The molecule has 0 unspecified atom stereocenters. The van der Waals surface area contributed by atoms with Crippen LogP contribution in [0.25, 0.3) is 0 Å². The number of carbonyl (C=O) groups excluding carboxylic acids is 3. The van der Waals surface area contributed by atoms with E-state index in [1.165, 1.54) is 38.5 Å². The largest absolute Gasteiger partial charge is 0.550 e. The molecular weight excluding hydrogens is 402 g/mol. The van der Waals surface area contributed by atoms with Crippen LogP contribution in [0.4, 0.5) is 0 Å². The van der Waals surface area contributed by atoms with Crippen LogP contribution in [0.15, 0.2) is 0 Å². The quantitative estimate of drug-likeness (QED) is 0.645. The first-order valence-corrected chi connectivity index (χ1v) is 13.1. The minimum Gasteiger partial charge on any atom is -0.550 e. The van der Waals surface area contributed by atoms with Crippen LogP contribution in [0, 0.1) is 46.3 Å². The maximum absolute atomic E-state index is 12.1. The van der Waals surface area contributed by atoms with Crippen molar-refractivity contribution in [3.05, 3.63) is 0 Å². The molecule has 1 N–H and O–H groups in total. The molecule has 32 heavy (non-hydrogen) atoms. The number of ketones is 1. The van der Waals surface area contributed by atoms with E-state index < -0.39 is 5.97 Å². The standard InChI is InChI=1S/C27H43NO4/c1-17(4-9-24(30)28-15-12-25(31)32)21-7-8-22-20-6-5-18-16-19(29)10-13-26(18,2)23(20)11-14-27(21,22)3/h17-18,20-23H,4-16H2,1-3H3,(H,28,30)(H,31,32)/p-1/t17-,18-,20+,21-,22+,23+,26+,27-/m1/s1. The number of carboxylic acids is 1. The monoisotopic (exact) mass is 444 g/mol. The smallest absolute Gasteiger partial charge is 0.220 e. The summed E-state index contributed by atoms with van der Waals surface area (Å²) in [4.78, 5) is 34.8. The molecule has 4 fully saturated rings. The number of carbonyl (C=O) groups is 3. The maximum Gasteiger partial charge on any atom is 0.220 e. The summed E-state index contributed by atoms with van der Waals surface area (Å²) in [6, 6.07) is 0. The van der Waals surface area contributed by atoms with Gasteiger partial charge in [-0.3, -0.25) is 9.59 Å². The molecular formula is C27H42NO4-. The van der Waals surface area contributed by atoms with Gasteiger partial charge < -0.3 is 15.2 Å². The Morgan fingerprint density at radius 2 is 1.78 bits per heavy atom. The molecule has 0 aromatic rings. The number of fused-ring (bicyclic) bond motifs is 5. The fourth-order valence-electron chi connectivity index (χ4n) is 8.97. The third kappa shape index (κ3) is 4.25. The van der Waals surface area contributed by atoms with E-state index in [-0.39, 0.29) is 18.9 Å². The lowest BCUT2D eigenvalue weighted by Crippen LogP contribution is -2.53. The van der Waals surface area contributed by atoms with E-state index in [1.54, 1.807) is 0 Å². The summed E-state index contributed by atoms with van der Waals surface area (Å²) in [7, 11) is 0. The van der Waals surface area contributed by atoms with Crippen molar-refractivity contribution in [3.63, 3.8) is 0 Å². The van der Waals surface area contributed by atoms with Crippen LogP contribution in [-0.2, 0) is 14.4 Å². The van der Waals surface area contributed by atoms with Crippen molar-refractivity contribution < 1.29 is 19.5 Å². The number of carboxylic acid groups (broad SMARTS) is 1. The van der Waals surface area contributed by atoms with Crippen molar-refractivity contribution >= 4 is 17.7 Å². The second-order valence-corrected chi connectivity index (χ2v) is 12.1. The molecule has 5 heteroatoms. The van der Waals surface area contributed by atoms with Crippen LogP contribution in [0.2, 0.25) is 0 Å². The maximum atomic E-state index is 12.1. The van der Waals surface area contributed by atoms with Gasteiger partial charge in [-0.15, -0.1) is 0 Å². The Morgan fingerprint density at radius 3 is 2.53 bits per heavy atom. The number of hydrogen-bond donors (Lipinski definition) is 1. The molecule has 0 heterocycles. The molecule has 8 atom stereocenters. The molecule has 0 radical (unpaired) electrons. The summed E-state index contributed by atoms with van der Waals surface area (Å²) >= 11 is 0. The highest BCUT2D eigenvalue weighted by Gasteiger charge is 2.60. The molecule has 0 spiro atoms. The Labute approximate surface area is 193 Å². The van der Waals surface area contributed by atoms with E-state index in [2.05, 4.69) is 26.1 Å². The molecule has 0 aromatic heterocycles. The van der Waals surface area contributed by atoms with E-state index in [9.17, 15) is 19.5 Å². The molecule has 0 aromatic carbocycles. The van der Waals surface area contributed by atoms with Crippen LogP contribution >= 0.6 is 0 Å². The topological polar surface area (TPSA) is 86.3 Å². The zero-order valence-corrected chi connectivity index (χ0v) is 20.3. The molecule has 4 aliphatic carbocycles. The van der Waals surface area contributed by atoms with Crippen LogP contribution in [0.5, 0.6) is 0 Å². The minimum atomic E-state index is -1.12. The molecule has 0 aliphatic heterocycles. The fraction of sp³-hybridized carbons (Fsp3) is 0.889. The molecule has 0 bridgehead atoms. The van der Waals surface area contributed by atoms with E-state index >= 15 is 0 Å². The van der Waals surface area contributed by atoms with Crippen molar-refractivity contribution in [3.8, 4) is 0 Å². The highest BCUT2D eigenvalue weighted by atomic mass is 16.4. The predicted molar refractivity (Wildman–Crippen MR) is 121 cm³/mol. The van der Waals surface area contributed by atoms with Crippen LogP contribution < -0.4 is 10.4 Å². The summed E-state index contributed by atoms with van der Waals surface area (Å²) < 4.78 is 0. The van der Waals surface area contributed by atoms with Gasteiger partial charge in [0.05, 0.1) is 0 Å². The number of hydrogen-bond acceptors (Lipinski definition) is 4. The number of nitrogens with one attached hydrogen (secondary N) is 1. The molecule has 180 valence electrons. The first-order valence-electron chi connectivity index (χ1n) is 13.1. The average Bonchev–Trinajstić information content (AvgIpc) is 3.09. The number of rotatable bonds is 7. The van der Waals surface area contributed by atoms with Gasteiger partial charge in [-0.1, -0.05) is 20.8 Å². The van der Waals surface area contributed by atoms with Crippen molar-refractivity contribution in [1.82, 2.24) is 5.32 Å². The third-order valence-electron chi connectivity index (χ3n) is 10.7. The SMILES string of the molecule is C[C@H](CCC(=O)NCCC(=O)[O-])[C@H]1CC[C@H]2[C@@H]3CC[C@@H]4CC(=O)CC[C@]4(C)[C@H]3CC[C@]12C. The Hall–Kier alpha value is -1.39. The van der Waals surface area contributed by atoms with E-state index in [0.29, 0.717) is 40.8 Å². The van der Waals surface area contributed by atoms with E-state index in [0.717, 1.165) is 43.4 Å². The lowest BCUT2D eigenvalue weighted by molar-refractivity contribution is -0.305. The zero-order chi connectivity index (χ0) is 23.1. The van der Waals surface area contributed by atoms with Crippen LogP contribution in [0.1, 0.15) is 97.8 Å². The predicted octanol–water partition coefficient (Wildman–Crippen LogP) is 3.89. The molecule has 5 nitrogen and oxygen atoms in total. The van der Waals surface area contributed by atoms with Gasteiger partial charge in [-0.05, 0) is 97.7 Å². The molecule has 0 saturated heterocycles. The van der Waals surface area contributed by atoms with Gasteiger partial charge >= 0.3 is 0 Å². The third-order valence-corrected chi connectivity index (χ3v) is 10.7. The fourth-order valence-corrected chi connectivity index (χ4v) is 8.97. The summed E-state index contributed by atoms with van der Waals surface area (Å²) in [5.74, 6) is 3.51.